The number of rotatable bonds is 3. The first-order valence-corrected chi connectivity index (χ1v) is 4.25. The molecule has 1 N–H and O–H groups in total. The van der Waals surface area contributed by atoms with Crippen LogP contribution in [-0.2, 0) is 4.79 Å². The molecule has 0 saturated heterocycles. The minimum atomic E-state index is 0.123. The molecule has 0 fully saturated rings. The van der Waals surface area contributed by atoms with Crippen molar-refractivity contribution in [1.82, 2.24) is 0 Å². The minimum absolute atomic E-state index is 0.123. The highest BCUT2D eigenvalue weighted by Gasteiger charge is 1.94. The van der Waals surface area contributed by atoms with Crippen molar-refractivity contribution in [2.24, 2.45) is 5.16 Å². The van der Waals surface area contributed by atoms with Crippen molar-refractivity contribution in [3.05, 3.63) is 0 Å². The number of oxime groups is 1. The average Bonchev–Trinajstić information content (AvgIpc) is 2.01. The van der Waals surface area contributed by atoms with Gasteiger partial charge in [-0.2, -0.15) is 0 Å². The molecule has 0 amide bonds. The third kappa shape index (κ3) is 16.1. The molecule has 0 atom stereocenters. The van der Waals surface area contributed by atoms with Gasteiger partial charge in [-0.05, 0) is 20.3 Å². The topological polar surface area (TPSA) is 49.7 Å². The number of ketones is 1. The van der Waals surface area contributed by atoms with E-state index in [1.807, 2.05) is 0 Å². The lowest BCUT2D eigenvalue weighted by molar-refractivity contribution is -0.116. The summed E-state index contributed by atoms with van der Waals surface area (Å²) < 4.78 is 0. The van der Waals surface area contributed by atoms with E-state index >= 15 is 0 Å². The molecule has 0 aliphatic heterocycles. The predicted octanol–water partition coefficient (Wildman–Crippen LogP) is 2.62. The Morgan fingerprint density at radius 3 is 1.92 bits per heavy atom. The van der Waals surface area contributed by atoms with E-state index in [1.165, 1.54) is 13.3 Å². The lowest BCUT2D eigenvalue weighted by atomic mass is 10.2. The smallest absolute Gasteiger partial charge is 0.130 e. The van der Waals surface area contributed by atoms with E-state index in [2.05, 4.69) is 19.0 Å². The summed E-state index contributed by atoms with van der Waals surface area (Å²) in [5.41, 5.74) is 0.602. The molecule has 0 radical (unpaired) electrons. The summed E-state index contributed by atoms with van der Waals surface area (Å²) in [6, 6.07) is 0. The molecule has 12 heavy (non-hydrogen) atoms. The van der Waals surface area contributed by atoms with E-state index in [0.717, 1.165) is 0 Å². The quantitative estimate of drug-likeness (QED) is 0.405. The number of carbonyl (C=O) groups excluding carboxylic acids is 1. The Morgan fingerprint density at radius 2 is 1.67 bits per heavy atom. The van der Waals surface area contributed by atoms with Gasteiger partial charge in [-0.3, -0.25) is 0 Å². The molecule has 0 aliphatic carbocycles. The largest absolute Gasteiger partial charge is 0.411 e. The van der Waals surface area contributed by atoms with Gasteiger partial charge in [-0.1, -0.05) is 25.4 Å². The van der Waals surface area contributed by atoms with Gasteiger partial charge in [0.1, 0.15) is 5.78 Å². The first-order chi connectivity index (χ1) is 5.58. The van der Waals surface area contributed by atoms with E-state index in [-0.39, 0.29) is 5.78 Å². The molecule has 0 aromatic rings. The monoisotopic (exact) mass is 173 g/mol. The summed E-state index contributed by atoms with van der Waals surface area (Å²) in [5.74, 6) is 0.123. The standard InChI is InChI=1S/C6H11NO2.C3H8/c1-5(7-9)3-4-6(2)8;1-3-2/h9H,3-4H2,1-2H3;3H2,1-2H3. The second-order valence-electron chi connectivity index (χ2n) is 2.74. The van der Waals surface area contributed by atoms with Gasteiger partial charge >= 0.3 is 0 Å². The molecule has 0 saturated carbocycles. The SMILES string of the molecule is CC(=O)CCC(C)=NO.CCC. The molecule has 0 rings (SSSR count). The molecule has 0 unspecified atom stereocenters. The van der Waals surface area contributed by atoms with Crippen LogP contribution in [0.1, 0.15) is 47.0 Å². The predicted molar refractivity (Wildman–Crippen MR) is 50.8 cm³/mol. The maximum atomic E-state index is 10.3. The summed E-state index contributed by atoms with van der Waals surface area (Å²) in [4.78, 5) is 10.3. The van der Waals surface area contributed by atoms with Crippen LogP contribution in [0.25, 0.3) is 0 Å². The maximum absolute atomic E-state index is 10.3. The van der Waals surface area contributed by atoms with Crippen LogP contribution >= 0.6 is 0 Å². The summed E-state index contributed by atoms with van der Waals surface area (Å²) in [6.07, 6.45) is 2.28. The summed E-state index contributed by atoms with van der Waals surface area (Å²) in [6.45, 7) is 7.45. The lowest BCUT2D eigenvalue weighted by Crippen LogP contribution is -1.96. The number of hydrogen-bond acceptors (Lipinski definition) is 3. The molecule has 0 bridgehead atoms. The molecule has 0 spiro atoms. The molecule has 0 aromatic carbocycles. The highest BCUT2D eigenvalue weighted by atomic mass is 16.4. The van der Waals surface area contributed by atoms with Gasteiger partial charge < -0.3 is 10.0 Å². The van der Waals surface area contributed by atoms with Gasteiger partial charge in [0.2, 0.25) is 0 Å². The van der Waals surface area contributed by atoms with Gasteiger partial charge in [0.25, 0.3) is 0 Å². The zero-order chi connectivity index (χ0) is 9.98. The Balaban J connectivity index is 0. The van der Waals surface area contributed by atoms with Crippen LogP contribution in [0.2, 0.25) is 0 Å². The average molecular weight is 173 g/mol. The number of Topliss-reactive ketones (excluding diaryl/α,β-unsaturated/α-hetero) is 1. The third-order valence-electron chi connectivity index (χ3n) is 1.01. The Labute approximate surface area is 74.5 Å². The minimum Gasteiger partial charge on any atom is -0.411 e. The van der Waals surface area contributed by atoms with Crippen molar-refractivity contribution in [2.75, 3.05) is 0 Å². The van der Waals surface area contributed by atoms with Gasteiger partial charge in [-0.25, -0.2) is 0 Å². The Hall–Kier alpha value is -0.860. The fourth-order valence-corrected chi connectivity index (χ4v) is 0.407. The van der Waals surface area contributed by atoms with Crippen molar-refractivity contribution in [3.8, 4) is 0 Å². The first-order valence-electron chi connectivity index (χ1n) is 4.25. The molecular formula is C9H19NO2. The van der Waals surface area contributed by atoms with Crippen LogP contribution in [0.4, 0.5) is 0 Å². The van der Waals surface area contributed by atoms with Gasteiger partial charge in [0.05, 0.1) is 5.71 Å². The normalized spacial score (nSPS) is 10.2. The fraction of sp³-hybridized carbons (Fsp3) is 0.778. The number of carbonyl (C=O) groups is 1. The van der Waals surface area contributed by atoms with Gasteiger partial charge in [0.15, 0.2) is 0 Å². The van der Waals surface area contributed by atoms with Gasteiger partial charge in [-0.15, -0.1) is 0 Å². The van der Waals surface area contributed by atoms with Crippen molar-refractivity contribution in [1.29, 1.82) is 0 Å². The highest BCUT2D eigenvalue weighted by Crippen LogP contribution is 1.92. The zero-order valence-corrected chi connectivity index (χ0v) is 8.42. The Morgan fingerprint density at radius 1 is 1.25 bits per heavy atom. The van der Waals surface area contributed by atoms with Crippen molar-refractivity contribution < 1.29 is 10.0 Å². The Kier molecular flexibility index (Phi) is 11.6. The van der Waals surface area contributed by atoms with Crippen molar-refractivity contribution >= 4 is 11.5 Å². The highest BCUT2D eigenvalue weighted by molar-refractivity contribution is 5.86. The zero-order valence-electron chi connectivity index (χ0n) is 8.42. The van der Waals surface area contributed by atoms with Crippen molar-refractivity contribution in [3.63, 3.8) is 0 Å². The van der Waals surface area contributed by atoms with E-state index in [0.29, 0.717) is 18.6 Å². The van der Waals surface area contributed by atoms with E-state index in [4.69, 9.17) is 5.21 Å². The van der Waals surface area contributed by atoms with E-state index < -0.39 is 0 Å². The molecule has 72 valence electrons. The van der Waals surface area contributed by atoms with Gasteiger partial charge in [0, 0.05) is 6.42 Å². The molecular weight excluding hydrogens is 154 g/mol. The van der Waals surface area contributed by atoms with Crippen LogP contribution in [0.5, 0.6) is 0 Å². The van der Waals surface area contributed by atoms with Crippen LogP contribution in [0.15, 0.2) is 5.16 Å². The van der Waals surface area contributed by atoms with Crippen LogP contribution in [0.3, 0.4) is 0 Å². The van der Waals surface area contributed by atoms with Crippen molar-refractivity contribution in [2.45, 2.75) is 47.0 Å². The van der Waals surface area contributed by atoms with Crippen LogP contribution in [-0.4, -0.2) is 16.7 Å². The summed E-state index contributed by atoms with van der Waals surface area (Å²) >= 11 is 0. The second-order valence-corrected chi connectivity index (χ2v) is 2.74. The molecule has 0 aromatic heterocycles. The second kappa shape index (κ2) is 10.1. The Bertz CT molecular complexity index is 141. The molecule has 3 heteroatoms. The molecule has 3 nitrogen and oxygen atoms in total. The van der Waals surface area contributed by atoms with E-state index in [1.54, 1.807) is 6.92 Å². The lowest BCUT2D eigenvalue weighted by Gasteiger charge is -1.91. The third-order valence-corrected chi connectivity index (χ3v) is 1.01. The van der Waals surface area contributed by atoms with Crippen LogP contribution in [0, 0.1) is 0 Å². The maximum Gasteiger partial charge on any atom is 0.130 e. The number of hydrogen-bond donors (Lipinski definition) is 1. The first kappa shape index (κ1) is 13.7. The fourth-order valence-electron chi connectivity index (χ4n) is 0.407. The molecule has 0 aliphatic rings. The number of nitrogens with zero attached hydrogens (tertiary/aromatic N) is 1. The van der Waals surface area contributed by atoms with Crippen LogP contribution < -0.4 is 0 Å². The van der Waals surface area contributed by atoms with E-state index in [9.17, 15) is 4.79 Å². The summed E-state index contributed by atoms with van der Waals surface area (Å²) in [7, 11) is 0. The summed E-state index contributed by atoms with van der Waals surface area (Å²) in [5, 5.41) is 11.0. The molecule has 0 heterocycles.